The van der Waals surface area contributed by atoms with Gasteiger partial charge in [-0.25, -0.2) is 4.98 Å². The Hall–Kier alpha value is -3.17. The van der Waals surface area contributed by atoms with Crippen LogP contribution in [0.2, 0.25) is 5.02 Å². The molecule has 1 saturated heterocycles. The lowest BCUT2D eigenvalue weighted by Gasteiger charge is -2.32. The van der Waals surface area contributed by atoms with E-state index in [0.717, 1.165) is 0 Å². The van der Waals surface area contributed by atoms with Crippen LogP contribution in [-0.2, 0) is 9.53 Å². The zero-order valence-electron chi connectivity index (χ0n) is 18.0. The summed E-state index contributed by atoms with van der Waals surface area (Å²) in [6.45, 7) is 2.82. The summed E-state index contributed by atoms with van der Waals surface area (Å²) in [5.74, 6) is 0.401. The summed E-state index contributed by atoms with van der Waals surface area (Å²) in [4.78, 5) is 34.3. The lowest BCUT2D eigenvalue weighted by atomic mass is 10.1. The van der Waals surface area contributed by atoms with Gasteiger partial charge in [-0.3, -0.25) is 9.59 Å². The third-order valence-corrected chi connectivity index (χ3v) is 4.97. The van der Waals surface area contributed by atoms with Crippen LogP contribution in [0.4, 0.5) is 0 Å². The van der Waals surface area contributed by atoms with Gasteiger partial charge in [-0.05, 0) is 31.2 Å². The number of carbonyl (C=O) groups is 2. The van der Waals surface area contributed by atoms with Gasteiger partial charge in [0, 0.05) is 23.8 Å². The zero-order chi connectivity index (χ0) is 23.1. The predicted molar refractivity (Wildman–Crippen MR) is 117 cm³/mol. The minimum atomic E-state index is -0.338. The highest BCUT2D eigenvalue weighted by molar-refractivity contribution is 6.31. The van der Waals surface area contributed by atoms with Crippen molar-refractivity contribution < 1.29 is 28.5 Å². The second-order valence-electron chi connectivity index (χ2n) is 6.94. The highest BCUT2D eigenvalue weighted by atomic mass is 35.5. The van der Waals surface area contributed by atoms with Crippen LogP contribution in [-0.4, -0.2) is 73.2 Å². The van der Waals surface area contributed by atoms with E-state index in [1.165, 1.54) is 33.4 Å². The molecule has 170 valence electrons. The Morgan fingerprint density at radius 3 is 2.84 bits per heavy atom. The van der Waals surface area contributed by atoms with E-state index in [-0.39, 0.29) is 30.4 Å². The molecule has 3 rings (SSSR count). The van der Waals surface area contributed by atoms with Crippen LogP contribution in [0.15, 0.2) is 30.5 Å². The molecule has 1 aliphatic heterocycles. The van der Waals surface area contributed by atoms with E-state index in [1.807, 2.05) is 0 Å². The Morgan fingerprint density at radius 1 is 1.31 bits per heavy atom. The summed E-state index contributed by atoms with van der Waals surface area (Å²) in [6.07, 6.45) is 4.21. The van der Waals surface area contributed by atoms with Gasteiger partial charge in [0.1, 0.15) is 18.5 Å². The van der Waals surface area contributed by atoms with Crippen LogP contribution in [0, 0.1) is 0 Å². The van der Waals surface area contributed by atoms with Crippen molar-refractivity contribution in [3.63, 3.8) is 0 Å². The number of nitrogens with zero attached hydrogens (tertiary/aromatic N) is 3. The van der Waals surface area contributed by atoms with E-state index in [1.54, 1.807) is 29.2 Å². The Morgan fingerprint density at radius 2 is 2.12 bits per heavy atom. The summed E-state index contributed by atoms with van der Waals surface area (Å²) in [6, 6.07) is 5.05. The number of ether oxygens (including phenoxy) is 4. The molecular weight excluding hydrogens is 438 g/mol. The first-order chi connectivity index (χ1) is 15.4. The fourth-order valence-electron chi connectivity index (χ4n) is 3.11. The van der Waals surface area contributed by atoms with Crippen molar-refractivity contribution in [1.29, 1.82) is 0 Å². The summed E-state index contributed by atoms with van der Waals surface area (Å²) in [5.41, 5.74) is 0.953. The molecular formula is C22H24ClN3O6. The van der Waals surface area contributed by atoms with Gasteiger partial charge < -0.3 is 23.8 Å². The van der Waals surface area contributed by atoms with Crippen molar-refractivity contribution in [2.24, 2.45) is 0 Å². The van der Waals surface area contributed by atoms with Crippen molar-refractivity contribution in [2.45, 2.75) is 13.0 Å². The lowest BCUT2D eigenvalue weighted by molar-refractivity contribution is -0.134. The maximum atomic E-state index is 12.7. The molecule has 1 aliphatic rings. The second-order valence-corrected chi connectivity index (χ2v) is 7.38. The number of morpholine rings is 1. The van der Waals surface area contributed by atoms with E-state index >= 15 is 0 Å². The van der Waals surface area contributed by atoms with E-state index in [0.29, 0.717) is 47.5 Å². The topological polar surface area (TPSA) is 100 Å². The average Bonchev–Trinajstić information content (AvgIpc) is 2.81. The number of benzene rings is 1. The Labute approximate surface area is 190 Å². The van der Waals surface area contributed by atoms with E-state index in [9.17, 15) is 9.59 Å². The molecule has 32 heavy (non-hydrogen) atoms. The number of hydrogen-bond donors (Lipinski definition) is 0. The molecule has 0 N–H and O–H groups in total. The van der Waals surface area contributed by atoms with Gasteiger partial charge in [-0.2, -0.15) is 4.98 Å². The molecule has 1 aromatic heterocycles. The number of methoxy groups -OCH3 is 2. The molecule has 0 spiro atoms. The maximum Gasteiger partial charge on any atom is 0.319 e. The highest BCUT2D eigenvalue weighted by Crippen LogP contribution is 2.24. The number of aromatic nitrogens is 2. The number of rotatable bonds is 8. The molecule has 0 aliphatic carbocycles. The van der Waals surface area contributed by atoms with Crippen LogP contribution in [0.5, 0.6) is 17.6 Å². The molecule has 2 heterocycles. The number of amides is 1. The fraction of sp³-hybridized carbons (Fsp3) is 0.364. The van der Waals surface area contributed by atoms with Gasteiger partial charge >= 0.3 is 6.01 Å². The van der Waals surface area contributed by atoms with Crippen LogP contribution in [0.1, 0.15) is 22.8 Å². The number of hydrogen-bond acceptors (Lipinski definition) is 8. The summed E-state index contributed by atoms with van der Waals surface area (Å²) in [7, 11) is 2.94. The van der Waals surface area contributed by atoms with Crippen molar-refractivity contribution in [2.75, 3.05) is 40.5 Å². The molecule has 2 aromatic rings. The minimum Gasteiger partial charge on any atom is -0.490 e. The fourth-order valence-corrected chi connectivity index (χ4v) is 3.28. The van der Waals surface area contributed by atoms with Crippen LogP contribution in [0.25, 0.3) is 6.08 Å². The van der Waals surface area contributed by atoms with Gasteiger partial charge in [0.15, 0.2) is 5.78 Å². The average molecular weight is 462 g/mol. The lowest BCUT2D eigenvalue weighted by Crippen LogP contribution is -2.47. The summed E-state index contributed by atoms with van der Waals surface area (Å²) >= 11 is 5.97. The molecule has 10 heteroatoms. The predicted octanol–water partition coefficient (Wildman–Crippen LogP) is 2.67. The van der Waals surface area contributed by atoms with Gasteiger partial charge in [0.25, 0.3) is 0 Å². The van der Waals surface area contributed by atoms with E-state index < -0.39 is 0 Å². The van der Waals surface area contributed by atoms with E-state index in [2.05, 4.69) is 9.97 Å². The number of carbonyl (C=O) groups excluding carboxylic acids is 2. The molecule has 1 atom stereocenters. The molecule has 0 saturated carbocycles. The first-order valence-corrected chi connectivity index (χ1v) is 10.3. The zero-order valence-corrected chi connectivity index (χ0v) is 18.8. The molecule has 1 unspecified atom stereocenters. The monoisotopic (exact) mass is 461 g/mol. The molecule has 0 bridgehead atoms. The summed E-state index contributed by atoms with van der Waals surface area (Å²) < 4.78 is 21.7. The summed E-state index contributed by atoms with van der Waals surface area (Å²) in [5, 5.41) is 0.457. The van der Waals surface area contributed by atoms with Crippen molar-refractivity contribution in [3.05, 3.63) is 46.6 Å². The molecule has 1 aromatic carbocycles. The Kier molecular flexibility index (Phi) is 8.02. The number of ketones is 1. The molecule has 1 amide bonds. The SMILES string of the molecule is COc1ncc(/C=C/C(=O)N2CCOC(COc3ccc(Cl)cc3C(C)=O)C2)c(OC)n1. The first kappa shape index (κ1) is 23.5. The third-order valence-electron chi connectivity index (χ3n) is 4.74. The van der Waals surface area contributed by atoms with Crippen LogP contribution < -0.4 is 14.2 Å². The second kappa shape index (κ2) is 10.9. The van der Waals surface area contributed by atoms with Crippen molar-refractivity contribution in [1.82, 2.24) is 14.9 Å². The van der Waals surface area contributed by atoms with Crippen LogP contribution in [0.3, 0.4) is 0 Å². The Balaban J connectivity index is 1.61. The highest BCUT2D eigenvalue weighted by Gasteiger charge is 2.24. The van der Waals surface area contributed by atoms with Crippen molar-refractivity contribution >= 4 is 29.4 Å². The van der Waals surface area contributed by atoms with Crippen molar-refractivity contribution in [3.8, 4) is 17.6 Å². The maximum absolute atomic E-state index is 12.7. The largest absolute Gasteiger partial charge is 0.490 e. The minimum absolute atomic E-state index is 0.146. The van der Waals surface area contributed by atoms with Crippen LogP contribution >= 0.6 is 11.6 Å². The standard InChI is InChI=1S/C22H24ClN3O6/c1-14(27)18-10-16(23)5-6-19(18)32-13-17-12-26(8-9-31-17)20(28)7-4-15-11-24-22(30-3)25-21(15)29-2/h4-7,10-11,17H,8-9,12-13H2,1-3H3/b7-4+. The van der Waals surface area contributed by atoms with E-state index in [4.69, 9.17) is 30.5 Å². The third kappa shape index (κ3) is 5.95. The molecule has 9 nitrogen and oxygen atoms in total. The van der Waals surface area contributed by atoms with Gasteiger partial charge in [0.05, 0.1) is 38.5 Å². The first-order valence-electron chi connectivity index (χ1n) is 9.88. The Bertz CT molecular complexity index is 1010. The van der Waals surface area contributed by atoms with Gasteiger partial charge in [-0.15, -0.1) is 0 Å². The molecule has 0 radical (unpaired) electrons. The number of Topliss-reactive ketones (excluding diaryl/α,β-unsaturated/α-hetero) is 1. The smallest absolute Gasteiger partial charge is 0.319 e. The van der Waals surface area contributed by atoms with Gasteiger partial charge in [-0.1, -0.05) is 11.6 Å². The number of halogens is 1. The molecule has 1 fully saturated rings. The quantitative estimate of drug-likeness (QED) is 0.437. The van der Waals surface area contributed by atoms with Gasteiger partial charge in [0.2, 0.25) is 11.8 Å². The normalized spacial score (nSPS) is 16.1.